The molecule has 3 rings (SSSR count). The van der Waals surface area contributed by atoms with Gasteiger partial charge in [0.25, 0.3) is 0 Å². The maximum Gasteiger partial charge on any atom is 0.106 e. The average Bonchev–Trinajstić information content (AvgIpc) is 2.72. The third-order valence-corrected chi connectivity index (χ3v) is 5.24. The molecule has 2 atom stereocenters. The minimum Gasteiger partial charge on any atom is -0.368 e. The van der Waals surface area contributed by atoms with Crippen LogP contribution in [0.1, 0.15) is 74.0 Å². The van der Waals surface area contributed by atoms with E-state index >= 15 is 0 Å². The molecule has 0 bridgehead atoms. The summed E-state index contributed by atoms with van der Waals surface area (Å²) < 4.78 is 12.2. The second kappa shape index (κ2) is 9.89. The summed E-state index contributed by atoms with van der Waals surface area (Å²) in [6.07, 6.45) is 7.41. The van der Waals surface area contributed by atoms with Crippen molar-refractivity contribution < 1.29 is 9.47 Å². The molecular formula is C24H32O2. The average molecular weight is 353 g/mol. The first-order valence-electron chi connectivity index (χ1n) is 10.2. The quantitative estimate of drug-likeness (QED) is 0.563. The van der Waals surface area contributed by atoms with Crippen molar-refractivity contribution in [1.29, 1.82) is 0 Å². The molecule has 0 N–H and O–H groups in total. The molecule has 1 aliphatic rings. The zero-order valence-electron chi connectivity index (χ0n) is 16.2. The van der Waals surface area contributed by atoms with Crippen LogP contribution < -0.4 is 0 Å². The Hall–Kier alpha value is -1.64. The van der Waals surface area contributed by atoms with Crippen LogP contribution in [0.2, 0.25) is 0 Å². The van der Waals surface area contributed by atoms with Crippen LogP contribution in [0.5, 0.6) is 0 Å². The fourth-order valence-electron chi connectivity index (χ4n) is 3.45. The summed E-state index contributed by atoms with van der Waals surface area (Å²) in [5, 5.41) is 0. The van der Waals surface area contributed by atoms with Crippen LogP contribution in [0.4, 0.5) is 0 Å². The molecule has 0 amide bonds. The summed E-state index contributed by atoms with van der Waals surface area (Å²) in [6.45, 7) is 5.71. The van der Waals surface area contributed by atoms with E-state index in [-0.39, 0.29) is 12.2 Å². The van der Waals surface area contributed by atoms with Crippen molar-refractivity contribution in [2.75, 3.05) is 13.2 Å². The molecule has 0 unspecified atom stereocenters. The molecule has 0 saturated carbocycles. The third-order valence-electron chi connectivity index (χ3n) is 5.24. The Morgan fingerprint density at radius 2 is 1.04 bits per heavy atom. The van der Waals surface area contributed by atoms with Gasteiger partial charge in [0.2, 0.25) is 0 Å². The van der Waals surface area contributed by atoms with Crippen LogP contribution >= 0.6 is 0 Å². The molecule has 2 aromatic rings. The first-order chi connectivity index (χ1) is 12.8. The van der Waals surface area contributed by atoms with E-state index in [1.54, 1.807) is 0 Å². The Labute approximate surface area is 158 Å². The summed E-state index contributed by atoms with van der Waals surface area (Å²) in [5.41, 5.74) is 5.26. The Morgan fingerprint density at radius 1 is 0.654 bits per heavy atom. The van der Waals surface area contributed by atoms with Crippen molar-refractivity contribution in [3.63, 3.8) is 0 Å². The van der Waals surface area contributed by atoms with Crippen LogP contribution in [0.3, 0.4) is 0 Å². The monoisotopic (exact) mass is 352 g/mol. The highest BCUT2D eigenvalue weighted by Crippen LogP contribution is 2.30. The van der Waals surface area contributed by atoms with Crippen molar-refractivity contribution in [1.82, 2.24) is 0 Å². The highest BCUT2D eigenvalue weighted by Gasteiger charge is 2.24. The Bertz CT molecular complexity index is 577. The molecular weight excluding hydrogens is 320 g/mol. The maximum absolute atomic E-state index is 6.12. The van der Waals surface area contributed by atoms with Crippen molar-refractivity contribution in [3.05, 3.63) is 70.8 Å². The maximum atomic E-state index is 6.12. The van der Waals surface area contributed by atoms with Gasteiger partial charge in [0.05, 0.1) is 13.2 Å². The third kappa shape index (κ3) is 5.18. The van der Waals surface area contributed by atoms with E-state index in [9.17, 15) is 0 Å². The number of ether oxygens (including phenoxy) is 2. The second-order valence-corrected chi connectivity index (χ2v) is 7.33. The lowest BCUT2D eigenvalue weighted by Gasteiger charge is -2.30. The number of hydrogen-bond donors (Lipinski definition) is 0. The van der Waals surface area contributed by atoms with Crippen LogP contribution in [0.15, 0.2) is 48.5 Å². The SMILES string of the molecule is CCCCc1ccc([C@@H]2CO[C@@H](c3ccc(CCCC)cc3)CO2)cc1. The zero-order chi connectivity index (χ0) is 18.2. The van der Waals surface area contributed by atoms with Crippen molar-refractivity contribution >= 4 is 0 Å². The van der Waals surface area contributed by atoms with Gasteiger partial charge in [0, 0.05) is 0 Å². The standard InChI is InChI=1S/C24H32O2/c1-3-5-7-19-9-13-21(14-10-19)23-17-26-24(18-25-23)22-15-11-20(12-16-22)8-6-4-2/h9-16,23-24H,3-8,17-18H2,1-2H3/t23-,24+. The van der Waals surface area contributed by atoms with Crippen molar-refractivity contribution in [2.24, 2.45) is 0 Å². The molecule has 2 nitrogen and oxygen atoms in total. The number of aryl methyl sites for hydroxylation is 2. The zero-order valence-corrected chi connectivity index (χ0v) is 16.2. The number of unbranched alkanes of at least 4 members (excludes halogenated alkanes) is 2. The fourth-order valence-corrected chi connectivity index (χ4v) is 3.45. The molecule has 1 heterocycles. The number of hydrogen-bond acceptors (Lipinski definition) is 2. The second-order valence-electron chi connectivity index (χ2n) is 7.33. The van der Waals surface area contributed by atoms with Gasteiger partial charge in [-0.2, -0.15) is 0 Å². The summed E-state index contributed by atoms with van der Waals surface area (Å²) in [6, 6.07) is 17.7. The van der Waals surface area contributed by atoms with E-state index in [0.29, 0.717) is 13.2 Å². The lowest BCUT2D eigenvalue weighted by atomic mass is 10.0. The lowest BCUT2D eigenvalue weighted by molar-refractivity contribution is -0.137. The first-order valence-corrected chi connectivity index (χ1v) is 10.2. The Balaban J connectivity index is 1.52. The van der Waals surface area contributed by atoms with Crippen LogP contribution in [-0.2, 0) is 22.3 Å². The van der Waals surface area contributed by atoms with E-state index in [1.165, 1.54) is 47.9 Å². The number of rotatable bonds is 8. The van der Waals surface area contributed by atoms with Gasteiger partial charge in [0.15, 0.2) is 0 Å². The minimum absolute atomic E-state index is 0.0512. The Kier molecular flexibility index (Phi) is 7.28. The van der Waals surface area contributed by atoms with Gasteiger partial charge < -0.3 is 9.47 Å². The summed E-state index contributed by atoms with van der Waals surface area (Å²) in [4.78, 5) is 0. The van der Waals surface area contributed by atoms with Gasteiger partial charge in [-0.05, 0) is 47.9 Å². The van der Waals surface area contributed by atoms with E-state index in [2.05, 4.69) is 62.4 Å². The molecule has 0 aliphatic carbocycles. The van der Waals surface area contributed by atoms with E-state index in [4.69, 9.17) is 9.47 Å². The van der Waals surface area contributed by atoms with E-state index in [0.717, 1.165) is 12.8 Å². The fraction of sp³-hybridized carbons (Fsp3) is 0.500. The smallest absolute Gasteiger partial charge is 0.106 e. The highest BCUT2D eigenvalue weighted by molar-refractivity contribution is 5.26. The van der Waals surface area contributed by atoms with Gasteiger partial charge in [-0.3, -0.25) is 0 Å². The molecule has 0 radical (unpaired) electrons. The van der Waals surface area contributed by atoms with Crippen LogP contribution in [0, 0.1) is 0 Å². The molecule has 140 valence electrons. The predicted molar refractivity (Wildman–Crippen MR) is 107 cm³/mol. The van der Waals surface area contributed by atoms with Gasteiger partial charge in [-0.25, -0.2) is 0 Å². The minimum atomic E-state index is 0.0512. The van der Waals surface area contributed by atoms with Gasteiger partial charge in [-0.1, -0.05) is 75.2 Å². The molecule has 1 aliphatic heterocycles. The van der Waals surface area contributed by atoms with Gasteiger partial charge >= 0.3 is 0 Å². The predicted octanol–water partition coefficient (Wildman–Crippen LogP) is 6.20. The van der Waals surface area contributed by atoms with Crippen molar-refractivity contribution in [3.8, 4) is 0 Å². The number of benzene rings is 2. The molecule has 0 aromatic heterocycles. The first kappa shape index (κ1) is 19.1. The highest BCUT2D eigenvalue weighted by atomic mass is 16.6. The van der Waals surface area contributed by atoms with Gasteiger partial charge in [-0.15, -0.1) is 0 Å². The van der Waals surface area contributed by atoms with Gasteiger partial charge in [0.1, 0.15) is 12.2 Å². The van der Waals surface area contributed by atoms with Crippen molar-refractivity contribution in [2.45, 2.75) is 64.6 Å². The molecule has 1 fully saturated rings. The lowest BCUT2D eigenvalue weighted by Crippen LogP contribution is -2.25. The molecule has 2 aromatic carbocycles. The topological polar surface area (TPSA) is 18.5 Å². The van der Waals surface area contributed by atoms with E-state index < -0.39 is 0 Å². The Morgan fingerprint density at radius 3 is 1.35 bits per heavy atom. The summed E-state index contributed by atoms with van der Waals surface area (Å²) in [7, 11) is 0. The summed E-state index contributed by atoms with van der Waals surface area (Å²) in [5.74, 6) is 0. The van der Waals surface area contributed by atoms with Crippen LogP contribution in [0.25, 0.3) is 0 Å². The largest absolute Gasteiger partial charge is 0.368 e. The molecule has 1 saturated heterocycles. The van der Waals surface area contributed by atoms with E-state index in [1.807, 2.05) is 0 Å². The normalized spacial score (nSPS) is 20.2. The molecule has 0 spiro atoms. The summed E-state index contributed by atoms with van der Waals surface area (Å²) >= 11 is 0. The molecule has 26 heavy (non-hydrogen) atoms. The van der Waals surface area contributed by atoms with Crippen LogP contribution in [-0.4, -0.2) is 13.2 Å². The molecule has 2 heteroatoms.